The van der Waals surface area contributed by atoms with E-state index in [2.05, 4.69) is 9.88 Å². The normalized spacial score (nSPS) is 18.6. The van der Waals surface area contributed by atoms with E-state index in [1.807, 2.05) is 55.5 Å². The number of piperidine rings is 1. The van der Waals surface area contributed by atoms with E-state index in [1.54, 1.807) is 0 Å². The Kier molecular flexibility index (Phi) is 4.28. The van der Waals surface area contributed by atoms with Gasteiger partial charge in [0.1, 0.15) is 11.4 Å². The van der Waals surface area contributed by atoms with Crippen molar-refractivity contribution in [1.29, 1.82) is 0 Å². The van der Waals surface area contributed by atoms with Gasteiger partial charge >= 0.3 is 0 Å². The number of aryl methyl sites for hydroxylation is 1. The van der Waals surface area contributed by atoms with Crippen molar-refractivity contribution in [1.82, 2.24) is 9.88 Å². The summed E-state index contributed by atoms with van der Waals surface area (Å²) in [7, 11) is 0. The molecule has 1 N–H and O–H groups in total. The molecule has 1 spiro atoms. The van der Waals surface area contributed by atoms with Crippen LogP contribution in [0, 0.1) is 6.92 Å². The van der Waals surface area contributed by atoms with E-state index >= 15 is 0 Å². The Balaban J connectivity index is 1.29. The number of ketones is 2. The van der Waals surface area contributed by atoms with Crippen LogP contribution in [0.25, 0.3) is 10.9 Å². The van der Waals surface area contributed by atoms with Crippen molar-refractivity contribution in [3.63, 3.8) is 0 Å². The van der Waals surface area contributed by atoms with E-state index in [4.69, 9.17) is 4.74 Å². The van der Waals surface area contributed by atoms with Gasteiger partial charge in [-0.05, 0) is 25.1 Å². The van der Waals surface area contributed by atoms with Gasteiger partial charge in [0.2, 0.25) is 0 Å². The van der Waals surface area contributed by atoms with Gasteiger partial charge in [0.25, 0.3) is 0 Å². The summed E-state index contributed by atoms with van der Waals surface area (Å²) in [5, 5.41) is 0.987. The van der Waals surface area contributed by atoms with Crippen LogP contribution in [-0.2, 0) is 0 Å². The summed E-state index contributed by atoms with van der Waals surface area (Å²) < 4.78 is 6.30. The van der Waals surface area contributed by atoms with E-state index in [0.717, 1.165) is 48.1 Å². The fourth-order valence-electron chi connectivity index (χ4n) is 4.76. The maximum Gasteiger partial charge on any atom is 0.179 e. The van der Waals surface area contributed by atoms with Gasteiger partial charge < -0.3 is 9.72 Å². The van der Waals surface area contributed by atoms with Crippen molar-refractivity contribution in [2.75, 3.05) is 19.6 Å². The third-order valence-corrected chi connectivity index (χ3v) is 6.30. The molecule has 0 radical (unpaired) electrons. The quantitative estimate of drug-likeness (QED) is 0.685. The Bertz CT molecular complexity index is 1110. The lowest BCUT2D eigenvalue weighted by atomic mass is 9.82. The number of hydrogen-bond donors (Lipinski definition) is 1. The summed E-state index contributed by atoms with van der Waals surface area (Å²) in [6, 6.07) is 15.4. The van der Waals surface area contributed by atoms with E-state index in [1.165, 1.54) is 0 Å². The number of nitrogens with zero attached hydrogens (tertiary/aromatic N) is 1. The van der Waals surface area contributed by atoms with Gasteiger partial charge in [0.05, 0.1) is 18.5 Å². The number of likely N-dealkylation sites (tertiary alicyclic amines) is 1. The average molecular weight is 388 g/mol. The molecule has 0 amide bonds. The molecular weight excluding hydrogens is 364 g/mol. The molecule has 0 bridgehead atoms. The average Bonchev–Trinajstić information content (AvgIpc) is 3.06. The molecule has 2 aromatic carbocycles. The first-order valence-electron chi connectivity index (χ1n) is 10.2. The molecule has 2 aliphatic heterocycles. The molecule has 29 heavy (non-hydrogen) atoms. The van der Waals surface area contributed by atoms with Gasteiger partial charge in [0, 0.05) is 48.1 Å². The Morgan fingerprint density at radius 2 is 1.83 bits per heavy atom. The number of para-hydroxylation sites is 2. The molecule has 1 aromatic heterocycles. The maximum atomic E-state index is 13.0. The van der Waals surface area contributed by atoms with E-state index in [9.17, 15) is 9.59 Å². The van der Waals surface area contributed by atoms with Crippen LogP contribution in [0.2, 0.25) is 0 Å². The van der Waals surface area contributed by atoms with Gasteiger partial charge in [-0.2, -0.15) is 0 Å². The van der Waals surface area contributed by atoms with Gasteiger partial charge in [-0.1, -0.05) is 30.3 Å². The van der Waals surface area contributed by atoms with Crippen molar-refractivity contribution in [2.45, 2.75) is 31.8 Å². The molecule has 5 nitrogen and oxygen atoms in total. The monoisotopic (exact) mass is 388 g/mol. The molecule has 0 aliphatic carbocycles. The number of nitrogens with one attached hydrogen (secondary N) is 1. The lowest BCUT2D eigenvalue weighted by molar-refractivity contribution is -0.00801. The van der Waals surface area contributed by atoms with Crippen LogP contribution in [0.5, 0.6) is 5.75 Å². The van der Waals surface area contributed by atoms with E-state index in [0.29, 0.717) is 24.3 Å². The molecule has 3 aromatic rings. The van der Waals surface area contributed by atoms with Crippen molar-refractivity contribution in [3.8, 4) is 5.75 Å². The Hall–Kier alpha value is -2.92. The molecule has 1 fully saturated rings. The standard InChI is InChI=1S/C24H24N2O3/c1-16-23(17-6-2-4-8-19(17)25-16)21(28)15-26-12-10-24(11-13-26)14-20(27)18-7-3-5-9-22(18)29-24/h2-9,25H,10-15H2,1H3. The van der Waals surface area contributed by atoms with Crippen LogP contribution in [0.1, 0.15) is 45.7 Å². The highest BCUT2D eigenvalue weighted by molar-refractivity contribution is 6.10. The second kappa shape index (κ2) is 6.85. The third kappa shape index (κ3) is 3.15. The van der Waals surface area contributed by atoms with Gasteiger partial charge in [-0.15, -0.1) is 0 Å². The van der Waals surface area contributed by atoms with Gasteiger partial charge in [-0.3, -0.25) is 14.5 Å². The molecular formula is C24H24N2O3. The fourth-order valence-corrected chi connectivity index (χ4v) is 4.76. The zero-order chi connectivity index (χ0) is 20.0. The number of rotatable bonds is 3. The van der Waals surface area contributed by atoms with Crippen molar-refractivity contribution >= 4 is 22.5 Å². The Morgan fingerprint density at radius 1 is 1.10 bits per heavy atom. The van der Waals surface area contributed by atoms with Gasteiger partial charge in [-0.25, -0.2) is 0 Å². The van der Waals surface area contributed by atoms with Crippen molar-refractivity contribution < 1.29 is 14.3 Å². The SMILES string of the molecule is Cc1[nH]c2ccccc2c1C(=O)CN1CCC2(CC1)CC(=O)c1ccccc1O2. The lowest BCUT2D eigenvalue weighted by Gasteiger charge is -2.43. The zero-order valence-corrected chi connectivity index (χ0v) is 16.5. The molecule has 0 unspecified atom stereocenters. The summed E-state index contributed by atoms with van der Waals surface area (Å²) >= 11 is 0. The van der Waals surface area contributed by atoms with Crippen LogP contribution >= 0.6 is 0 Å². The lowest BCUT2D eigenvalue weighted by Crippen LogP contribution is -2.51. The fraction of sp³-hybridized carbons (Fsp3) is 0.333. The summed E-state index contributed by atoms with van der Waals surface area (Å²) in [6.45, 7) is 3.85. The number of ether oxygens (including phenoxy) is 1. The number of Topliss-reactive ketones (excluding diaryl/α,β-unsaturated/α-hetero) is 2. The Labute approximate surface area is 169 Å². The number of benzene rings is 2. The molecule has 1 saturated heterocycles. The van der Waals surface area contributed by atoms with Crippen LogP contribution in [-0.4, -0.2) is 46.7 Å². The molecule has 2 aliphatic rings. The van der Waals surface area contributed by atoms with E-state index < -0.39 is 5.60 Å². The number of carbonyl (C=O) groups is 2. The first-order chi connectivity index (χ1) is 14.0. The molecule has 5 rings (SSSR count). The zero-order valence-electron chi connectivity index (χ0n) is 16.5. The highest BCUT2D eigenvalue weighted by atomic mass is 16.5. The largest absolute Gasteiger partial charge is 0.486 e. The molecule has 0 atom stereocenters. The minimum atomic E-state index is -0.429. The first-order valence-corrected chi connectivity index (χ1v) is 10.2. The van der Waals surface area contributed by atoms with Crippen LogP contribution in [0.15, 0.2) is 48.5 Å². The minimum Gasteiger partial charge on any atom is -0.486 e. The number of carbonyl (C=O) groups excluding carboxylic acids is 2. The second-order valence-electron chi connectivity index (χ2n) is 8.25. The van der Waals surface area contributed by atoms with Gasteiger partial charge in [0.15, 0.2) is 11.6 Å². The Morgan fingerprint density at radius 3 is 2.66 bits per heavy atom. The summed E-state index contributed by atoms with van der Waals surface area (Å²) in [5.74, 6) is 0.996. The maximum absolute atomic E-state index is 13.0. The summed E-state index contributed by atoms with van der Waals surface area (Å²) in [5.41, 5.74) is 2.97. The topological polar surface area (TPSA) is 62.4 Å². The predicted molar refractivity (Wildman–Crippen MR) is 112 cm³/mol. The second-order valence-corrected chi connectivity index (χ2v) is 8.25. The summed E-state index contributed by atoms with van der Waals surface area (Å²) in [4.78, 5) is 31.1. The number of fused-ring (bicyclic) bond motifs is 2. The van der Waals surface area contributed by atoms with Crippen LogP contribution in [0.3, 0.4) is 0 Å². The van der Waals surface area contributed by atoms with Crippen LogP contribution in [0.4, 0.5) is 0 Å². The van der Waals surface area contributed by atoms with E-state index in [-0.39, 0.29) is 11.6 Å². The number of H-pyrrole nitrogens is 1. The molecule has 0 saturated carbocycles. The highest BCUT2D eigenvalue weighted by Crippen LogP contribution is 2.39. The first kappa shape index (κ1) is 18.1. The summed E-state index contributed by atoms with van der Waals surface area (Å²) in [6.07, 6.45) is 1.94. The number of aromatic amines is 1. The van der Waals surface area contributed by atoms with Crippen molar-refractivity contribution in [2.24, 2.45) is 0 Å². The predicted octanol–water partition coefficient (Wildman–Crippen LogP) is 4.16. The number of aromatic nitrogens is 1. The number of hydrogen-bond acceptors (Lipinski definition) is 4. The highest BCUT2D eigenvalue weighted by Gasteiger charge is 2.43. The molecule has 5 heteroatoms. The minimum absolute atomic E-state index is 0.141. The van der Waals surface area contributed by atoms with Crippen LogP contribution < -0.4 is 4.74 Å². The molecule has 3 heterocycles. The third-order valence-electron chi connectivity index (χ3n) is 6.30. The smallest absolute Gasteiger partial charge is 0.179 e. The van der Waals surface area contributed by atoms with Crippen molar-refractivity contribution in [3.05, 3.63) is 65.4 Å². The molecule has 148 valence electrons.